The van der Waals surface area contributed by atoms with E-state index in [-0.39, 0.29) is 49.9 Å². The standard InChI is InChI=1S/C31H40N2O5/c1-4-12-27(21-29(35)33(18-19-34)22-26-16-10-7-11-17-26)30(36)32-24(3)23-38-31(37)28(13-5-2)20-25-14-8-6-9-15-25/h4-11,14-17,24,27-28,34H,1-2,12-13,18-23H2,3H3,(H,32,36). The highest BCUT2D eigenvalue weighted by Gasteiger charge is 2.26. The molecule has 2 aromatic rings. The molecule has 0 aliphatic rings. The van der Waals surface area contributed by atoms with Crippen molar-refractivity contribution in [3.05, 3.63) is 97.1 Å². The van der Waals surface area contributed by atoms with Crippen molar-refractivity contribution in [2.75, 3.05) is 19.8 Å². The van der Waals surface area contributed by atoms with E-state index in [0.29, 0.717) is 25.8 Å². The number of nitrogens with zero attached hydrogens (tertiary/aromatic N) is 1. The average Bonchev–Trinajstić information content (AvgIpc) is 2.92. The number of aliphatic hydroxyl groups excluding tert-OH is 1. The quantitative estimate of drug-likeness (QED) is 0.242. The molecule has 2 rings (SSSR count). The summed E-state index contributed by atoms with van der Waals surface area (Å²) in [6.07, 6.45) is 4.65. The number of aliphatic hydroxyl groups is 1. The highest BCUT2D eigenvalue weighted by molar-refractivity contribution is 5.86. The van der Waals surface area contributed by atoms with Gasteiger partial charge in [-0.25, -0.2) is 0 Å². The minimum absolute atomic E-state index is 0.0182. The van der Waals surface area contributed by atoms with Gasteiger partial charge in [-0.2, -0.15) is 0 Å². The minimum atomic E-state index is -0.623. The summed E-state index contributed by atoms with van der Waals surface area (Å²) in [7, 11) is 0. The first-order valence-electron chi connectivity index (χ1n) is 13.0. The van der Waals surface area contributed by atoms with Gasteiger partial charge in [-0.1, -0.05) is 72.8 Å². The summed E-state index contributed by atoms with van der Waals surface area (Å²) in [6, 6.07) is 18.8. The molecule has 7 nitrogen and oxygen atoms in total. The second-order valence-electron chi connectivity index (χ2n) is 9.40. The monoisotopic (exact) mass is 520 g/mol. The van der Waals surface area contributed by atoms with E-state index < -0.39 is 12.0 Å². The molecule has 204 valence electrons. The van der Waals surface area contributed by atoms with Gasteiger partial charge in [0.1, 0.15) is 6.61 Å². The molecular formula is C31H40N2O5. The lowest BCUT2D eigenvalue weighted by atomic mass is 9.96. The van der Waals surface area contributed by atoms with Gasteiger partial charge in [0.05, 0.1) is 24.5 Å². The Morgan fingerprint density at radius 1 is 0.947 bits per heavy atom. The van der Waals surface area contributed by atoms with Crippen LogP contribution in [0.1, 0.15) is 37.3 Å². The molecule has 0 heterocycles. The van der Waals surface area contributed by atoms with E-state index in [9.17, 15) is 19.5 Å². The molecule has 0 bridgehead atoms. The maximum atomic E-state index is 13.0. The fourth-order valence-electron chi connectivity index (χ4n) is 4.13. The third kappa shape index (κ3) is 10.7. The van der Waals surface area contributed by atoms with Gasteiger partial charge in [-0.05, 0) is 37.3 Å². The number of ether oxygens (including phenoxy) is 1. The van der Waals surface area contributed by atoms with Gasteiger partial charge >= 0.3 is 5.97 Å². The second kappa shape index (κ2) is 16.9. The summed E-state index contributed by atoms with van der Waals surface area (Å²) in [4.78, 5) is 40.3. The lowest BCUT2D eigenvalue weighted by Crippen LogP contribution is -2.42. The largest absolute Gasteiger partial charge is 0.463 e. The SMILES string of the molecule is C=CCC(CC(=O)N(CCO)Cc1ccccc1)C(=O)NC(C)COC(=O)C(CC=C)Cc1ccccc1. The van der Waals surface area contributed by atoms with Gasteiger partial charge in [-0.15, -0.1) is 13.2 Å². The Kier molecular flexibility index (Phi) is 13.6. The van der Waals surface area contributed by atoms with Crippen LogP contribution in [0.15, 0.2) is 86.0 Å². The number of amides is 2. The highest BCUT2D eigenvalue weighted by Crippen LogP contribution is 2.16. The second-order valence-corrected chi connectivity index (χ2v) is 9.40. The van der Waals surface area contributed by atoms with E-state index in [0.717, 1.165) is 11.1 Å². The number of carbonyl (C=O) groups is 3. The summed E-state index contributed by atoms with van der Waals surface area (Å²) in [5.41, 5.74) is 1.98. The van der Waals surface area contributed by atoms with Gasteiger partial charge in [0, 0.05) is 19.5 Å². The normalized spacial score (nSPS) is 13.0. The summed E-state index contributed by atoms with van der Waals surface area (Å²) in [6.45, 7) is 9.61. The van der Waals surface area contributed by atoms with Crippen LogP contribution in [-0.2, 0) is 32.1 Å². The molecule has 2 aromatic carbocycles. The highest BCUT2D eigenvalue weighted by atomic mass is 16.5. The van der Waals surface area contributed by atoms with E-state index in [2.05, 4.69) is 18.5 Å². The van der Waals surface area contributed by atoms with Crippen LogP contribution < -0.4 is 5.32 Å². The van der Waals surface area contributed by atoms with Crippen molar-refractivity contribution >= 4 is 17.8 Å². The Morgan fingerprint density at radius 2 is 1.53 bits per heavy atom. The fraction of sp³-hybridized carbons (Fsp3) is 0.387. The number of rotatable bonds is 17. The van der Waals surface area contributed by atoms with Crippen LogP contribution in [0.3, 0.4) is 0 Å². The van der Waals surface area contributed by atoms with Crippen LogP contribution in [0.25, 0.3) is 0 Å². The Morgan fingerprint density at radius 3 is 2.11 bits per heavy atom. The number of hydrogen-bond acceptors (Lipinski definition) is 5. The first kappa shape index (κ1) is 30.5. The van der Waals surface area contributed by atoms with Gasteiger partial charge in [0.2, 0.25) is 11.8 Å². The zero-order valence-corrected chi connectivity index (χ0v) is 22.3. The Hall–Kier alpha value is -3.71. The topological polar surface area (TPSA) is 95.9 Å². The summed E-state index contributed by atoms with van der Waals surface area (Å²) < 4.78 is 5.52. The molecule has 3 unspecified atom stereocenters. The zero-order valence-electron chi connectivity index (χ0n) is 22.3. The summed E-state index contributed by atoms with van der Waals surface area (Å²) in [5, 5.41) is 12.3. The molecule has 0 aliphatic heterocycles. The van der Waals surface area contributed by atoms with Crippen molar-refractivity contribution in [3.63, 3.8) is 0 Å². The lowest BCUT2D eigenvalue weighted by molar-refractivity contribution is -0.149. The molecule has 0 radical (unpaired) electrons. The van der Waals surface area contributed by atoms with E-state index in [1.165, 1.54) is 0 Å². The number of nitrogens with one attached hydrogen (secondary N) is 1. The molecule has 0 spiro atoms. The minimum Gasteiger partial charge on any atom is -0.463 e. The molecular weight excluding hydrogens is 480 g/mol. The van der Waals surface area contributed by atoms with Crippen molar-refractivity contribution in [3.8, 4) is 0 Å². The van der Waals surface area contributed by atoms with Gasteiger partial charge in [-0.3, -0.25) is 14.4 Å². The molecule has 0 aliphatic carbocycles. The predicted octanol–water partition coefficient (Wildman–Crippen LogP) is 4.07. The molecule has 0 saturated heterocycles. The van der Waals surface area contributed by atoms with E-state index in [1.807, 2.05) is 60.7 Å². The number of allylic oxidation sites excluding steroid dienone is 2. The summed E-state index contributed by atoms with van der Waals surface area (Å²) >= 11 is 0. The van der Waals surface area contributed by atoms with E-state index >= 15 is 0 Å². The lowest BCUT2D eigenvalue weighted by Gasteiger charge is -2.25. The molecule has 3 atom stereocenters. The molecule has 0 fully saturated rings. The molecule has 2 N–H and O–H groups in total. The molecule has 7 heteroatoms. The Balaban J connectivity index is 1.92. The predicted molar refractivity (Wildman–Crippen MR) is 149 cm³/mol. The summed E-state index contributed by atoms with van der Waals surface area (Å²) in [5.74, 6) is -1.85. The third-order valence-electron chi connectivity index (χ3n) is 6.16. The third-order valence-corrected chi connectivity index (χ3v) is 6.16. The Bertz CT molecular complexity index is 1030. The van der Waals surface area contributed by atoms with Crippen molar-refractivity contribution in [2.24, 2.45) is 11.8 Å². The van der Waals surface area contributed by atoms with Crippen molar-refractivity contribution in [2.45, 2.75) is 45.2 Å². The number of carbonyl (C=O) groups excluding carboxylic acids is 3. The molecule has 38 heavy (non-hydrogen) atoms. The number of benzene rings is 2. The van der Waals surface area contributed by atoms with Crippen molar-refractivity contribution in [1.29, 1.82) is 0 Å². The smallest absolute Gasteiger partial charge is 0.309 e. The van der Waals surface area contributed by atoms with E-state index in [4.69, 9.17) is 4.74 Å². The molecule has 0 aromatic heterocycles. The number of esters is 1. The van der Waals surface area contributed by atoms with Crippen LogP contribution in [0, 0.1) is 11.8 Å². The maximum absolute atomic E-state index is 13.0. The van der Waals surface area contributed by atoms with Crippen LogP contribution in [0.5, 0.6) is 0 Å². The van der Waals surface area contributed by atoms with Crippen LogP contribution >= 0.6 is 0 Å². The Labute approximate surface area is 226 Å². The van der Waals surface area contributed by atoms with Crippen molar-refractivity contribution in [1.82, 2.24) is 10.2 Å². The average molecular weight is 521 g/mol. The maximum Gasteiger partial charge on any atom is 0.309 e. The van der Waals surface area contributed by atoms with Crippen LogP contribution in [-0.4, -0.2) is 53.6 Å². The van der Waals surface area contributed by atoms with Gasteiger partial charge in [0.25, 0.3) is 0 Å². The van der Waals surface area contributed by atoms with Crippen molar-refractivity contribution < 1.29 is 24.2 Å². The van der Waals surface area contributed by atoms with Gasteiger partial charge in [0.15, 0.2) is 0 Å². The first-order chi connectivity index (χ1) is 18.4. The van der Waals surface area contributed by atoms with Gasteiger partial charge < -0.3 is 20.1 Å². The first-order valence-corrected chi connectivity index (χ1v) is 13.0. The molecule has 2 amide bonds. The number of hydrogen-bond donors (Lipinski definition) is 2. The van der Waals surface area contributed by atoms with E-state index in [1.54, 1.807) is 24.0 Å². The fourth-order valence-corrected chi connectivity index (χ4v) is 4.13. The molecule has 0 saturated carbocycles. The zero-order chi connectivity index (χ0) is 27.8. The van der Waals surface area contributed by atoms with Crippen LogP contribution in [0.2, 0.25) is 0 Å². The van der Waals surface area contributed by atoms with Crippen LogP contribution in [0.4, 0.5) is 0 Å².